The number of Topliss-reactive ketones (excluding diaryl/α,β-unsaturated/α-hetero) is 1. The van der Waals surface area contributed by atoms with Gasteiger partial charge in [0.25, 0.3) is 0 Å². The number of benzene rings is 1. The van der Waals surface area contributed by atoms with E-state index in [1.165, 1.54) is 17.8 Å². The predicted octanol–water partition coefficient (Wildman–Crippen LogP) is 1.88. The van der Waals surface area contributed by atoms with E-state index in [1.807, 2.05) is 0 Å². The highest BCUT2D eigenvalue weighted by Crippen LogP contribution is 2.30. The molecule has 0 spiro atoms. The molecular formula is C18H17FN4O2. The molecule has 1 unspecified atom stereocenters. The molecule has 0 bridgehead atoms. The first-order valence-corrected chi connectivity index (χ1v) is 8.00. The number of fused-ring (bicyclic) bond motifs is 1. The average molecular weight is 340 g/mol. The van der Waals surface area contributed by atoms with E-state index in [1.54, 1.807) is 25.1 Å². The molecule has 25 heavy (non-hydrogen) atoms. The number of nitrogens with one attached hydrogen (secondary N) is 1. The Morgan fingerprint density at radius 3 is 2.80 bits per heavy atom. The number of carbonyl (C=O) groups excluding carboxylic acids is 2. The van der Waals surface area contributed by atoms with Crippen LogP contribution in [0.4, 0.5) is 4.39 Å². The molecule has 0 radical (unpaired) electrons. The van der Waals surface area contributed by atoms with Crippen molar-refractivity contribution in [3.8, 4) is 11.8 Å². The van der Waals surface area contributed by atoms with Crippen LogP contribution in [0.2, 0.25) is 0 Å². The minimum Gasteiger partial charge on any atom is -0.358 e. The van der Waals surface area contributed by atoms with Crippen LogP contribution in [0.1, 0.15) is 33.7 Å². The van der Waals surface area contributed by atoms with Crippen LogP contribution in [0, 0.1) is 30.0 Å². The summed E-state index contributed by atoms with van der Waals surface area (Å²) in [6.07, 6.45) is 2.11. The summed E-state index contributed by atoms with van der Waals surface area (Å²) < 4.78 is 15.8. The normalized spacial score (nSPS) is 13.8. The number of rotatable bonds is 4. The lowest BCUT2D eigenvalue weighted by Crippen LogP contribution is -2.32. The summed E-state index contributed by atoms with van der Waals surface area (Å²) in [5.74, 6) is -3.21. The first kappa shape index (κ1) is 16.8. The summed E-state index contributed by atoms with van der Waals surface area (Å²) >= 11 is 0. The summed E-state index contributed by atoms with van der Waals surface area (Å²) in [5, 5.41) is 15.8. The van der Waals surface area contributed by atoms with Crippen molar-refractivity contribution in [2.24, 2.45) is 5.92 Å². The average Bonchev–Trinajstić information content (AvgIpc) is 3.18. The van der Waals surface area contributed by atoms with E-state index >= 15 is 0 Å². The number of nitrogens with zero attached hydrogens (tertiary/aromatic N) is 3. The molecule has 0 saturated heterocycles. The molecule has 7 heteroatoms. The highest BCUT2D eigenvalue weighted by atomic mass is 19.1. The molecule has 6 nitrogen and oxygen atoms in total. The zero-order valence-electron chi connectivity index (χ0n) is 14.0. The fraction of sp³-hybridized carbons (Fsp3) is 0.333. The lowest BCUT2D eigenvalue weighted by molar-refractivity contribution is -0.121. The van der Waals surface area contributed by atoms with E-state index < -0.39 is 23.4 Å². The van der Waals surface area contributed by atoms with Gasteiger partial charge < -0.3 is 5.32 Å². The molecule has 1 aliphatic rings. The van der Waals surface area contributed by atoms with Crippen LogP contribution < -0.4 is 5.32 Å². The highest BCUT2D eigenvalue weighted by molar-refractivity contribution is 6.12. The zero-order valence-corrected chi connectivity index (χ0v) is 14.0. The van der Waals surface area contributed by atoms with Crippen molar-refractivity contribution in [3.63, 3.8) is 0 Å². The van der Waals surface area contributed by atoms with Crippen LogP contribution in [0.25, 0.3) is 5.69 Å². The smallest absolute Gasteiger partial charge is 0.245 e. The number of aromatic nitrogens is 2. The largest absolute Gasteiger partial charge is 0.358 e. The van der Waals surface area contributed by atoms with Gasteiger partial charge >= 0.3 is 0 Å². The Balaban J connectivity index is 2.11. The van der Waals surface area contributed by atoms with Crippen LogP contribution in [0.3, 0.4) is 0 Å². The molecule has 1 heterocycles. The van der Waals surface area contributed by atoms with Crippen molar-refractivity contribution in [3.05, 3.63) is 46.5 Å². The van der Waals surface area contributed by atoms with Gasteiger partial charge in [-0.15, -0.1) is 0 Å². The third kappa shape index (κ3) is 2.80. The Morgan fingerprint density at radius 2 is 2.16 bits per heavy atom. The van der Waals surface area contributed by atoms with Crippen molar-refractivity contribution in [2.45, 2.75) is 26.2 Å². The highest BCUT2D eigenvalue weighted by Gasteiger charge is 2.34. The third-order valence-corrected chi connectivity index (χ3v) is 4.39. The second kappa shape index (κ2) is 6.48. The number of ketones is 1. The number of aryl methyl sites for hydroxylation is 1. The Bertz CT molecular complexity index is 911. The van der Waals surface area contributed by atoms with E-state index in [0.717, 1.165) is 17.7 Å². The topological polar surface area (TPSA) is 87.8 Å². The standard InChI is InChI=1S/C18H17FN4O2/c1-10-6-7-15(13(19)8-10)23-14-5-3-4-11(14)16(22-23)17(24)12(9-20)18(25)21-2/h6-8,12H,3-5H2,1-2H3,(H,21,25). The molecule has 1 aliphatic carbocycles. The molecule has 128 valence electrons. The van der Waals surface area contributed by atoms with Crippen LogP contribution in [-0.2, 0) is 17.6 Å². The van der Waals surface area contributed by atoms with Gasteiger partial charge in [-0.3, -0.25) is 9.59 Å². The summed E-state index contributed by atoms with van der Waals surface area (Å²) in [6, 6.07) is 6.52. The minimum atomic E-state index is -1.46. The number of hydrogen-bond donors (Lipinski definition) is 1. The van der Waals surface area contributed by atoms with E-state index in [9.17, 15) is 19.2 Å². The van der Waals surface area contributed by atoms with Crippen molar-refractivity contribution in [1.82, 2.24) is 15.1 Å². The predicted molar refractivity (Wildman–Crippen MR) is 87.8 cm³/mol. The summed E-state index contributed by atoms with van der Waals surface area (Å²) in [6.45, 7) is 1.79. The fourth-order valence-corrected chi connectivity index (χ4v) is 3.14. The lowest BCUT2D eigenvalue weighted by Gasteiger charge is -2.08. The van der Waals surface area contributed by atoms with Gasteiger partial charge in [0.2, 0.25) is 11.7 Å². The number of nitriles is 1. The van der Waals surface area contributed by atoms with E-state index in [2.05, 4.69) is 10.4 Å². The Labute approximate surface area is 144 Å². The molecule has 0 fully saturated rings. The van der Waals surface area contributed by atoms with Gasteiger partial charge in [0.15, 0.2) is 5.92 Å². The van der Waals surface area contributed by atoms with Crippen molar-refractivity contribution >= 4 is 11.7 Å². The molecule has 2 aromatic rings. The van der Waals surface area contributed by atoms with Crippen LogP contribution in [0.5, 0.6) is 0 Å². The molecule has 1 aromatic carbocycles. The Morgan fingerprint density at radius 1 is 1.40 bits per heavy atom. The zero-order chi connectivity index (χ0) is 18.1. The molecule has 3 rings (SSSR count). The van der Waals surface area contributed by atoms with E-state index in [0.29, 0.717) is 18.4 Å². The maximum atomic E-state index is 14.4. The van der Waals surface area contributed by atoms with Gasteiger partial charge in [0, 0.05) is 18.3 Å². The molecule has 1 amide bonds. The first-order valence-electron chi connectivity index (χ1n) is 8.00. The van der Waals surface area contributed by atoms with E-state index in [-0.39, 0.29) is 11.4 Å². The Hall–Kier alpha value is -3.01. The van der Waals surface area contributed by atoms with Crippen LogP contribution >= 0.6 is 0 Å². The quantitative estimate of drug-likeness (QED) is 0.680. The van der Waals surface area contributed by atoms with Gasteiger partial charge in [-0.1, -0.05) is 6.07 Å². The molecule has 1 aromatic heterocycles. The molecule has 0 aliphatic heterocycles. The van der Waals surface area contributed by atoms with Gasteiger partial charge in [-0.2, -0.15) is 10.4 Å². The summed E-state index contributed by atoms with van der Waals surface area (Å²) in [7, 11) is 1.37. The Kier molecular flexibility index (Phi) is 4.36. The maximum Gasteiger partial charge on any atom is 0.245 e. The SMILES string of the molecule is CNC(=O)C(C#N)C(=O)c1nn(-c2ccc(C)cc2F)c2c1CCC2. The van der Waals surface area contributed by atoms with Crippen LogP contribution in [0.15, 0.2) is 18.2 Å². The van der Waals surface area contributed by atoms with Crippen LogP contribution in [-0.4, -0.2) is 28.5 Å². The monoisotopic (exact) mass is 340 g/mol. The molecule has 1 atom stereocenters. The number of hydrogen-bond acceptors (Lipinski definition) is 4. The number of carbonyl (C=O) groups is 2. The summed E-state index contributed by atoms with van der Waals surface area (Å²) in [5.41, 5.74) is 2.60. The molecule has 0 saturated carbocycles. The fourth-order valence-electron chi connectivity index (χ4n) is 3.14. The van der Waals surface area contributed by atoms with Crippen molar-refractivity contribution in [2.75, 3.05) is 7.05 Å². The van der Waals surface area contributed by atoms with E-state index in [4.69, 9.17) is 0 Å². The van der Waals surface area contributed by atoms with Gasteiger partial charge in [-0.05, 0) is 43.9 Å². The minimum absolute atomic E-state index is 0.0858. The number of amides is 1. The molecular weight excluding hydrogens is 323 g/mol. The van der Waals surface area contributed by atoms with Gasteiger partial charge in [0.05, 0.1) is 6.07 Å². The van der Waals surface area contributed by atoms with Crippen molar-refractivity contribution < 1.29 is 14.0 Å². The maximum absolute atomic E-state index is 14.4. The van der Waals surface area contributed by atoms with Gasteiger partial charge in [0.1, 0.15) is 17.2 Å². The molecule has 1 N–H and O–H groups in total. The van der Waals surface area contributed by atoms with Gasteiger partial charge in [-0.25, -0.2) is 9.07 Å². The summed E-state index contributed by atoms with van der Waals surface area (Å²) in [4.78, 5) is 24.4. The second-order valence-corrected chi connectivity index (χ2v) is 6.03. The second-order valence-electron chi connectivity index (χ2n) is 6.03. The first-order chi connectivity index (χ1) is 12.0. The van der Waals surface area contributed by atoms with Crippen molar-refractivity contribution in [1.29, 1.82) is 5.26 Å². The number of halogens is 1. The lowest BCUT2D eigenvalue weighted by atomic mass is 9.99. The third-order valence-electron chi connectivity index (χ3n) is 4.39.